The molecule has 33 heavy (non-hydrogen) atoms. The number of amides is 2. The van der Waals surface area contributed by atoms with Crippen LogP contribution in [-0.4, -0.2) is 61.4 Å². The first-order valence-electron chi connectivity index (χ1n) is 11.3. The monoisotopic (exact) mass is 442 g/mol. The summed E-state index contributed by atoms with van der Waals surface area (Å²) in [6, 6.07) is 26.2. The average molecular weight is 443 g/mol. The van der Waals surface area contributed by atoms with Crippen LogP contribution in [0.15, 0.2) is 78.9 Å². The molecule has 0 aromatic heterocycles. The van der Waals surface area contributed by atoms with E-state index in [-0.39, 0.29) is 18.4 Å². The van der Waals surface area contributed by atoms with Crippen molar-refractivity contribution in [2.45, 2.75) is 6.54 Å². The van der Waals surface area contributed by atoms with Crippen molar-refractivity contribution in [3.8, 4) is 11.1 Å². The van der Waals surface area contributed by atoms with Crippen molar-refractivity contribution in [1.82, 2.24) is 9.80 Å². The fraction of sp³-hybridized carbons (Fsp3) is 0.259. The minimum atomic E-state index is -0.0899. The maximum atomic E-state index is 13.0. The number of likely N-dealkylation sites (N-methyl/N-ethyl adjacent to an activating group) is 1. The molecule has 1 aliphatic rings. The van der Waals surface area contributed by atoms with E-state index in [0.717, 1.165) is 29.8 Å². The number of para-hydroxylation sites is 1. The van der Waals surface area contributed by atoms with Crippen LogP contribution in [0.3, 0.4) is 0 Å². The zero-order valence-corrected chi connectivity index (χ0v) is 19.0. The molecule has 0 spiro atoms. The highest BCUT2D eigenvalue weighted by molar-refractivity contribution is 5.95. The van der Waals surface area contributed by atoms with E-state index in [9.17, 15) is 9.59 Å². The van der Waals surface area contributed by atoms with Gasteiger partial charge in [0, 0.05) is 51.0 Å². The van der Waals surface area contributed by atoms with E-state index in [2.05, 4.69) is 23.1 Å². The minimum absolute atomic E-state index is 0.00693. The van der Waals surface area contributed by atoms with E-state index < -0.39 is 0 Å². The fourth-order valence-corrected chi connectivity index (χ4v) is 4.16. The van der Waals surface area contributed by atoms with Gasteiger partial charge in [-0.3, -0.25) is 9.59 Å². The highest BCUT2D eigenvalue weighted by Crippen LogP contribution is 2.23. The number of rotatable bonds is 6. The van der Waals surface area contributed by atoms with E-state index in [1.54, 1.807) is 11.9 Å². The summed E-state index contributed by atoms with van der Waals surface area (Å²) in [5.74, 6) is -0.0159. The molecular formula is C27H30N4O2. The molecule has 6 heteroatoms. The van der Waals surface area contributed by atoms with Crippen LogP contribution in [0.4, 0.5) is 5.69 Å². The van der Waals surface area contributed by atoms with E-state index in [4.69, 9.17) is 5.73 Å². The summed E-state index contributed by atoms with van der Waals surface area (Å²) in [7, 11) is 1.75. The Morgan fingerprint density at radius 2 is 1.55 bits per heavy atom. The first kappa shape index (κ1) is 22.6. The predicted octanol–water partition coefficient (Wildman–Crippen LogP) is 3.23. The van der Waals surface area contributed by atoms with E-state index >= 15 is 0 Å². The number of piperazine rings is 1. The van der Waals surface area contributed by atoms with Crippen LogP contribution in [0.2, 0.25) is 0 Å². The zero-order valence-electron chi connectivity index (χ0n) is 19.0. The molecular weight excluding hydrogens is 412 g/mol. The number of nitrogens with zero attached hydrogens (tertiary/aromatic N) is 3. The lowest BCUT2D eigenvalue weighted by Crippen LogP contribution is -2.48. The normalized spacial score (nSPS) is 13.6. The quantitative estimate of drug-likeness (QED) is 0.636. The Morgan fingerprint density at radius 1 is 0.848 bits per heavy atom. The third-order valence-corrected chi connectivity index (χ3v) is 6.10. The first-order chi connectivity index (χ1) is 16.0. The van der Waals surface area contributed by atoms with E-state index in [1.807, 2.05) is 65.6 Å². The molecule has 0 bridgehead atoms. The summed E-state index contributed by atoms with van der Waals surface area (Å²) in [6.07, 6.45) is 0. The number of carbonyl (C=O) groups is 2. The molecule has 6 nitrogen and oxygen atoms in total. The Kier molecular flexibility index (Phi) is 7.05. The van der Waals surface area contributed by atoms with Crippen molar-refractivity contribution in [1.29, 1.82) is 0 Å². The van der Waals surface area contributed by atoms with Crippen molar-refractivity contribution in [3.63, 3.8) is 0 Å². The Labute approximate surface area is 195 Å². The number of hydrogen-bond donors (Lipinski definition) is 1. The topological polar surface area (TPSA) is 69.9 Å². The van der Waals surface area contributed by atoms with Crippen LogP contribution in [-0.2, 0) is 11.3 Å². The van der Waals surface area contributed by atoms with E-state index in [0.29, 0.717) is 25.2 Å². The second-order valence-corrected chi connectivity index (χ2v) is 8.35. The summed E-state index contributed by atoms with van der Waals surface area (Å²) < 4.78 is 0. The molecule has 2 amide bonds. The van der Waals surface area contributed by atoms with Gasteiger partial charge in [0.15, 0.2) is 0 Å². The molecule has 3 aromatic rings. The second kappa shape index (κ2) is 10.3. The van der Waals surface area contributed by atoms with Crippen LogP contribution >= 0.6 is 0 Å². The largest absolute Gasteiger partial charge is 0.368 e. The minimum Gasteiger partial charge on any atom is -0.368 e. The summed E-state index contributed by atoms with van der Waals surface area (Å²) in [6.45, 7) is 3.62. The Hall–Kier alpha value is -3.64. The van der Waals surface area contributed by atoms with Crippen molar-refractivity contribution >= 4 is 17.5 Å². The number of nitrogens with two attached hydrogens (primary N) is 1. The van der Waals surface area contributed by atoms with Crippen LogP contribution in [0.1, 0.15) is 15.9 Å². The van der Waals surface area contributed by atoms with Gasteiger partial charge in [0.25, 0.3) is 5.91 Å². The lowest BCUT2D eigenvalue weighted by molar-refractivity contribution is -0.128. The van der Waals surface area contributed by atoms with Gasteiger partial charge in [-0.05, 0) is 47.0 Å². The standard InChI is InChI=1S/C27H30N4O2/c1-29(26(32)19-28)20-21-6-5-7-24(18-21)22-10-12-23(13-11-22)27(33)31-16-14-30(15-17-31)25-8-3-2-4-9-25/h2-13,18H,14-17,19-20,28H2,1H3. The molecule has 0 saturated carbocycles. The number of carbonyl (C=O) groups excluding carboxylic acids is 2. The van der Waals surface area contributed by atoms with Gasteiger partial charge >= 0.3 is 0 Å². The summed E-state index contributed by atoms with van der Waals surface area (Å²) in [4.78, 5) is 30.6. The lowest BCUT2D eigenvalue weighted by Gasteiger charge is -2.36. The van der Waals surface area contributed by atoms with Gasteiger partial charge in [0.05, 0.1) is 6.54 Å². The highest BCUT2D eigenvalue weighted by atomic mass is 16.2. The van der Waals surface area contributed by atoms with Crippen LogP contribution in [0.25, 0.3) is 11.1 Å². The molecule has 4 rings (SSSR count). The van der Waals surface area contributed by atoms with Crippen LogP contribution < -0.4 is 10.6 Å². The molecule has 170 valence electrons. The molecule has 1 saturated heterocycles. The third kappa shape index (κ3) is 5.41. The molecule has 0 atom stereocenters. The predicted molar refractivity (Wildman–Crippen MR) is 132 cm³/mol. The maximum Gasteiger partial charge on any atom is 0.253 e. The maximum absolute atomic E-state index is 13.0. The Morgan fingerprint density at radius 3 is 2.21 bits per heavy atom. The van der Waals surface area contributed by atoms with Gasteiger partial charge in [-0.25, -0.2) is 0 Å². The van der Waals surface area contributed by atoms with E-state index in [1.165, 1.54) is 5.69 Å². The molecule has 1 heterocycles. The van der Waals surface area contributed by atoms with Gasteiger partial charge in [0.2, 0.25) is 5.91 Å². The summed E-state index contributed by atoms with van der Waals surface area (Å²) >= 11 is 0. The second-order valence-electron chi connectivity index (χ2n) is 8.35. The van der Waals surface area contributed by atoms with Gasteiger partial charge in [-0.15, -0.1) is 0 Å². The molecule has 1 fully saturated rings. The molecule has 0 radical (unpaired) electrons. The van der Waals surface area contributed by atoms with Crippen molar-refractivity contribution < 1.29 is 9.59 Å². The Bertz CT molecular complexity index is 1090. The fourth-order valence-electron chi connectivity index (χ4n) is 4.16. The summed E-state index contributed by atoms with van der Waals surface area (Å²) in [5, 5.41) is 0. The van der Waals surface area contributed by atoms with Crippen LogP contribution in [0.5, 0.6) is 0 Å². The van der Waals surface area contributed by atoms with Gasteiger partial charge in [-0.2, -0.15) is 0 Å². The first-order valence-corrected chi connectivity index (χ1v) is 11.3. The lowest BCUT2D eigenvalue weighted by atomic mass is 10.0. The number of anilines is 1. The molecule has 0 aliphatic carbocycles. The average Bonchev–Trinajstić information content (AvgIpc) is 2.88. The molecule has 0 unspecified atom stereocenters. The Balaban J connectivity index is 1.39. The van der Waals surface area contributed by atoms with Gasteiger partial charge in [-0.1, -0.05) is 48.5 Å². The van der Waals surface area contributed by atoms with Gasteiger partial charge < -0.3 is 20.4 Å². The highest BCUT2D eigenvalue weighted by Gasteiger charge is 2.22. The molecule has 1 aliphatic heterocycles. The van der Waals surface area contributed by atoms with Crippen molar-refractivity contribution in [3.05, 3.63) is 90.0 Å². The van der Waals surface area contributed by atoms with Crippen molar-refractivity contribution in [2.24, 2.45) is 5.73 Å². The SMILES string of the molecule is CN(Cc1cccc(-c2ccc(C(=O)N3CCN(c4ccccc4)CC3)cc2)c1)C(=O)CN. The summed E-state index contributed by atoms with van der Waals surface area (Å²) in [5.41, 5.74) is 10.5. The van der Waals surface area contributed by atoms with Gasteiger partial charge in [0.1, 0.15) is 0 Å². The molecule has 2 N–H and O–H groups in total. The van der Waals surface area contributed by atoms with Crippen molar-refractivity contribution in [2.75, 3.05) is 44.7 Å². The zero-order chi connectivity index (χ0) is 23.2. The smallest absolute Gasteiger partial charge is 0.253 e. The number of hydrogen-bond acceptors (Lipinski definition) is 4. The number of benzene rings is 3. The third-order valence-electron chi connectivity index (χ3n) is 6.10. The van der Waals surface area contributed by atoms with Crippen LogP contribution in [0, 0.1) is 0 Å². The molecule has 3 aromatic carbocycles.